The van der Waals surface area contributed by atoms with Crippen LogP contribution in [0.15, 0.2) is 11.8 Å². The Hall–Kier alpha value is -0.830. The first-order chi connectivity index (χ1) is 8.37. The van der Waals surface area contributed by atoms with Gasteiger partial charge < -0.3 is 4.90 Å². The van der Waals surface area contributed by atoms with Gasteiger partial charge in [-0.15, -0.1) is 0 Å². The van der Waals surface area contributed by atoms with Crippen LogP contribution in [-0.2, 0) is 4.79 Å². The predicted octanol–water partition coefficient (Wildman–Crippen LogP) is 2.29. The Balaban J connectivity index is 1.99. The summed E-state index contributed by atoms with van der Waals surface area (Å²) >= 11 is 0. The predicted molar refractivity (Wildman–Crippen MR) is 74.4 cm³/mol. The third kappa shape index (κ3) is 3.14. The number of carbonyl (C=O) groups excluding carboxylic acids is 1. The van der Waals surface area contributed by atoms with E-state index in [2.05, 4.69) is 37.5 Å². The van der Waals surface area contributed by atoms with Crippen molar-refractivity contribution in [2.75, 3.05) is 26.2 Å². The molecule has 102 valence electrons. The number of piperazine rings is 1. The van der Waals surface area contributed by atoms with E-state index in [1.165, 1.54) is 5.70 Å². The van der Waals surface area contributed by atoms with Crippen molar-refractivity contribution in [1.82, 2.24) is 9.80 Å². The van der Waals surface area contributed by atoms with Gasteiger partial charge in [0.15, 0.2) is 5.78 Å². The van der Waals surface area contributed by atoms with Crippen molar-refractivity contribution in [2.45, 2.75) is 46.6 Å². The third-order valence-electron chi connectivity index (χ3n) is 4.09. The van der Waals surface area contributed by atoms with Gasteiger partial charge in [0.1, 0.15) is 0 Å². The first-order valence-corrected chi connectivity index (χ1v) is 7.10. The van der Waals surface area contributed by atoms with Crippen LogP contribution < -0.4 is 0 Å². The van der Waals surface area contributed by atoms with Crippen molar-refractivity contribution in [3.05, 3.63) is 11.8 Å². The summed E-state index contributed by atoms with van der Waals surface area (Å²) in [6.07, 6.45) is 3.62. The van der Waals surface area contributed by atoms with Gasteiger partial charge in [0.2, 0.25) is 0 Å². The number of hydrogen-bond donors (Lipinski definition) is 0. The summed E-state index contributed by atoms with van der Waals surface area (Å²) in [5.41, 5.74) is 1.40. The SMILES string of the molecule is CC(C)N1CCN(C2=CC(=O)CC(C)(C)C2)CC1. The molecule has 0 saturated carbocycles. The van der Waals surface area contributed by atoms with E-state index in [9.17, 15) is 4.79 Å². The maximum Gasteiger partial charge on any atom is 0.157 e. The zero-order chi connectivity index (χ0) is 13.3. The molecule has 3 nitrogen and oxygen atoms in total. The largest absolute Gasteiger partial charge is 0.372 e. The summed E-state index contributed by atoms with van der Waals surface area (Å²) in [7, 11) is 0. The smallest absolute Gasteiger partial charge is 0.157 e. The van der Waals surface area contributed by atoms with Crippen molar-refractivity contribution in [1.29, 1.82) is 0 Å². The highest BCUT2D eigenvalue weighted by Crippen LogP contribution is 2.35. The lowest BCUT2D eigenvalue weighted by atomic mass is 9.78. The van der Waals surface area contributed by atoms with Gasteiger partial charge in [-0.05, 0) is 25.7 Å². The Kier molecular flexibility index (Phi) is 3.81. The minimum Gasteiger partial charge on any atom is -0.372 e. The average molecular weight is 250 g/mol. The minimum atomic E-state index is 0.135. The molecule has 0 aromatic heterocycles. The van der Waals surface area contributed by atoms with Crippen LogP contribution in [0.3, 0.4) is 0 Å². The molecule has 1 fully saturated rings. The quantitative estimate of drug-likeness (QED) is 0.751. The molecule has 3 heteroatoms. The van der Waals surface area contributed by atoms with Crippen molar-refractivity contribution in [3.63, 3.8) is 0 Å². The molecule has 1 aliphatic heterocycles. The zero-order valence-electron chi connectivity index (χ0n) is 12.2. The molecule has 1 saturated heterocycles. The van der Waals surface area contributed by atoms with Crippen LogP contribution in [0.2, 0.25) is 0 Å². The molecule has 0 aromatic rings. The van der Waals surface area contributed by atoms with Gasteiger partial charge >= 0.3 is 0 Å². The van der Waals surface area contributed by atoms with E-state index in [1.807, 2.05) is 6.08 Å². The Labute approximate surface area is 111 Å². The van der Waals surface area contributed by atoms with Crippen LogP contribution in [-0.4, -0.2) is 47.8 Å². The lowest BCUT2D eigenvalue weighted by Gasteiger charge is -2.42. The summed E-state index contributed by atoms with van der Waals surface area (Å²) in [4.78, 5) is 16.7. The second-order valence-corrected chi connectivity index (χ2v) is 6.74. The maximum atomic E-state index is 11.8. The van der Waals surface area contributed by atoms with Crippen LogP contribution in [0.25, 0.3) is 0 Å². The van der Waals surface area contributed by atoms with Crippen molar-refractivity contribution in [3.8, 4) is 0 Å². The van der Waals surface area contributed by atoms with Crippen LogP contribution in [0, 0.1) is 5.41 Å². The Bertz CT molecular complexity index is 350. The lowest BCUT2D eigenvalue weighted by Crippen LogP contribution is -2.49. The van der Waals surface area contributed by atoms with E-state index < -0.39 is 0 Å². The average Bonchev–Trinajstić information content (AvgIpc) is 2.26. The fourth-order valence-electron chi connectivity index (χ4n) is 3.04. The van der Waals surface area contributed by atoms with E-state index in [-0.39, 0.29) is 5.41 Å². The van der Waals surface area contributed by atoms with Crippen LogP contribution in [0.4, 0.5) is 0 Å². The number of nitrogens with zero attached hydrogens (tertiary/aromatic N) is 2. The monoisotopic (exact) mass is 250 g/mol. The van der Waals surface area contributed by atoms with Crippen molar-refractivity contribution < 1.29 is 4.79 Å². The summed E-state index contributed by atoms with van der Waals surface area (Å²) < 4.78 is 0. The zero-order valence-corrected chi connectivity index (χ0v) is 12.2. The number of allylic oxidation sites excluding steroid dienone is 2. The molecule has 0 atom stereocenters. The standard InChI is InChI=1S/C15H26N2O/c1-12(2)16-5-7-17(8-6-16)13-9-14(18)11-15(3,4)10-13/h9,12H,5-8,10-11H2,1-4H3. The maximum absolute atomic E-state index is 11.8. The fourth-order valence-corrected chi connectivity index (χ4v) is 3.04. The summed E-state index contributed by atoms with van der Waals surface area (Å²) in [5, 5.41) is 0. The molecule has 0 amide bonds. The van der Waals surface area contributed by atoms with Gasteiger partial charge in [0, 0.05) is 50.4 Å². The van der Waals surface area contributed by atoms with Crippen molar-refractivity contribution >= 4 is 5.78 Å². The molecule has 18 heavy (non-hydrogen) atoms. The van der Waals surface area contributed by atoms with E-state index in [0.29, 0.717) is 18.2 Å². The summed E-state index contributed by atoms with van der Waals surface area (Å²) in [6.45, 7) is 13.3. The van der Waals surface area contributed by atoms with Crippen LogP contribution >= 0.6 is 0 Å². The Morgan fingerprint density at radius 1 is 1.11 bits per heavy atom. The Morgan fingerprint density at radius 3 is 2.22 bits per heavy atom. The highest BCUT2D eigenvalue weighted by molar-refractivity contribution is 5.91. The third-order valence-corrected chi connectivity index (χ3v) is 4.09. The lowest BCUT2D eigenvalue weighted by molar-refractivity contribution is -0.117. The number of carbonyl (C=O) groups is 1. The van der Waals surface area contributed by atoms with E-state index in [1.54, 1.807) is 0 Å². The number of ketones is 1. The molecule has 1 aliphatic carbocycles. The molecule has 0 radical (unpaired) electrons. The molecular weight excluding hydrogens is 224 g/mol. The summed E-state index contributed by atoms with van der Waals surface area (Å²) in [5.74, 6) is 0.299. The highest BCUT2D eigenvalue weighted by Gasteiger charge is 2.31. The molecule has 0 unspecified atom stereocenters. The molecule has 0 spiro atoms. The first-order valence-electron chi connectivity index (χ1n) is 7.10. The molecule has 2 aliphatic rings. The second-order valence-electron chi connectivity index (χ2n) is 6.74. The highest BCUT2D eigenvalue weighted by atomic mass is 16.1. The molecule has 1 heterocycles. The van der Waals surface area contributed by atoms with Gasteiger partial charge in [0.05, 0.1) is 0 Å². The molecule has 0 N–H and O–H groups in total. The summed E-state index contributed by atoms with van der Waals surface area (Å²) in [6, 6.07) is 0.630. The van der Waals surface area contributed by atoms with Gasteiger partial charge in [-0.3, -0.25) is 9.69 Å². The molecule has 2 rings (SSSR count). The van der Waals surface area contributed by atoms with E-state index in [4.69, 9.17) is 0 Å². The van der Waals surface area contributed by atoms with Gasteiger partial charge in [-0.25, -0.2) is 0 Å². The van der Waals surface area contributed by atoms with E-state index in [0.717, 1.165) is 32.6 Å². The minimum absolute atomic E-state index is 0.135. The molecule has 0 bridgehead atoms. The molecular formula is C15H26N2O. The van der Waals surface area contributed by atoms with Crippen molar-refractivity contribution in [2.24, 2.45) is 5.41 Å². The van der Waals surface area contributed by atoms with Gasteiger partial charge in [-0.2, -0.15) is 0 Å². The van der Waals surface area contributed by atoms with Crippen LogP contribution in [0.5, 0.6) is 0 Å². The first kappa shape index (κ1) is 13.6. The second kappa shape index (κ2) is 5.04. The fraction of sp³-hybridized carbons (Fsp3) is 0.800. The number of rotatable bonds is 2. The molecule has 0 aromatic carbocycles. The van der Waals surface area contributed by atoms with E-state index >= 15 is 0 Å². The Morgan fingerprint density at radius 2 is 1.72 bits per heavy atom. The normalized spacial score (nSPS) is 25.5. The number of hydrogen-bond acceptors (Lipinski definition) is 3. The van der Waals surface area contributed by atoms with Gasteiger partial charge in [0.25, 0.3) is 0 Å². The van der Waals surface area contributed by atoms with Crippen LogP contribution in [0.1, 0.15) is 40.5 Å². The van der Waals surface area contributed by atoms with Gasteiger partial charge in [-0.1, -0.05) is 13.8 Å². The topological polar surface area (TPSA) is 23.6 Å².